The van der Waals surface area contributed by atoms with Crippen LogP contribution in [-0.4, -0.2) is 66.0 Å². The third kappa shape index (κ3) is 4.81. The topological polar surface area (TPSA) is 117 Å². The van der Waals surface area contributed by atoms with Gasteiger partial charge in [0.05, 0.1) is 30.4 Å². The molecule has 3 aromatic heterocycles. The van der Waals surface area contributed by atoms with Crippen molar-refractivity contribution in [2.24, 2.45) is 7.05 Å². The van der Waals surface area contributed by atoms with Gasteiger partial charge in [-0.15, -0.1) is 5.10 Å². The monoisotopic (exact) mass is 601 g/mol. The first kappa shape index (κ1) is 25.7. The summed E-state index contributed by atoms with van der Waals surface area (Å²) in [6, 6.07) is 17.1. The summed E-state index contributed by atoms with van der Waals surface area (Å²) in [7, 11) is 3.25. The maximum atomic E-state index is 13.5. The SMILES string of the molecule is COC(=O)[C@@H]1C[C@@H](n2cc(-c3nc4ccccc4n3C)nn2)CN1C(=O)c1ccc(Oc2ccc(Br)cn2)cc1. The van der Waals surface area contributed by atoms with Gasteiger partial charge < -0.3 is 18.9 Å². The molecule has 0 aliphatic carbocycles. The molecule has 12 heteroatoms. The van der Waals surface area contributed by atoms with Crippen molar-refractivity contribution in [3.8, 4) is 23.1 Å². The van der Waals surface area contributed by atoms with E-state index in [0.717, 1.165) is 15.5 Å². The van der Waals surface area contributed by atoms with Crippen LogP contribution in [-0.2, 0) is 16.6 Å². The molecule has 1 saturated heterocycles. The number of para-hydroxylation sites is 2. The number of aromatic nitrogens is 6. The minimum absolute atomic E-state index is 0.268. The number of ether oxygens (including phenoxy) is 2. The number of rotatable bonds is 6. The maximum absolute atomic E-state index is 13.5. The Kier molecular flexibility index (Phi) is 6.76. The van der Waals surface area contributed by atoms with E-state index in [1.165, 1.54) is 12.0 Å². The molecule has 5 aromatic rings. The second kappa shape index (κ2) is 10.5. The van der Waals surface area contributed by atoms with Crippen LogP contribution in [0.5, 0.6) is 11.6 Å². The number of aryl methyl sites for hydroxylation is 1. The van der Waals surface area contributed by atoms with Crippen molar-refractivity contribution in [1.82, 2.24) is 34.4 Å². The summed E-state index contributed by atoms with van der Waals surface area (Å²) >= 11 is 3.34. The van der Waals surface area contributed by atoms with Crippen molar-refractivity contribution in [3.63, 3.8) is 0 Å². The molecular weight excluding hydrogens is 578 g/mol. The fourth-order valence-corrected chi connectivity index (χ4v) is 5.13. The van der Waals surface area contributed by atoms with Crippen molar-refractivity contribution in [3.05, 3.63) is 83.1 Å². The molecule has 202 valence electrons. The Morgan fingerprint density at radius 2 is 1.85 bits per heavy atom. The number of fused-ring (bicyclic) bond motifs is 1. The summed E-state index contributed by atoms with van der Waals surface area (Å²) in [5.74, 6) is 0.881. The van der Waals surface area contributed by atoms with E-state index in [9.17, 15) is 9.59 Å². The number of pyridine rings is 1. The van der Waals surface area contributed by atoms with E-state index in [1.54, 1.807) is 47.4 Å². The third-order valence-corrected chi connectivity index (χ3v) is 7.41. The van der Waals surface area contributed by atoms with Gasteiger partial charge in [-0.1, -0.05) is 17.3 Å². The number of carbonyl (C=O) groups is 2. The van der Waals surface area contributed by atoms with Crippen LogP contribution in [0.2, 0.25) is 0 Å². The molecule has 40 heavy (non-hydrogen) atoms. The average Bonchev–Trinajstić information content (AvgIpc) is 3.71. The number of imidazole rings is 1. The van der Waals surface area contributed by atoms with Gasteiger partial charge in [-0.25, -0.2) is 19.4 Å². The number of benzene rings is 2. The number of hydrogen-bond donors (Lipinski definition) is 0. The molecule has 6 rings (SSSR count). The van der Waals surface area contributed by atoms with Crippen molar-refractivity contribution in [2.45, 2.75) is 18.5 Å². The molecule has 0 bridgehead atoms. The molecule has 1 aliphatic rings. The molecule has 0 saturated carbocycles. The molecule has 2 atom stereocenters. The Hall–Kier alpha value is -4.58. The average molecular weight is 602 g/mol. The van der Waals surface area contributed by atoms with Gasteiger partial charge in [-0.3, -0.25) is 4.79 Å². The second-order valence-corrected chi connectivity index (χ2v) is 10.3. The molecule has 4 heterocycles. The quantitative estimate of drug-likeness (QED) is 0.263. The van der Waals surface area contributed by atoms with Crippen LogP contribution < -0.4 is 4.74 Å². The largest absolute Gasteiger partial charge is 0.467 e. The maximum Gasteiger partial charge on any atom is 0.328 e. The Labute approximate surface area is 237 Å². The highest BCUT2D eigenvalue weighted by Crippen LogP contribution is 2.31. The second-order valence-electron chi connectivity index (χ2n) is 9.39. The van der Waals surface area contributed by atoms with Gasteiger partial charge in [0.1, 0.15) is 17.5 Å². The van der Waals surface area contributed by atoms with Crippen LogP contribution in [0.25, 0.3) is 22.6 Å². The van der Waals surface area contributed by atoms with Gasteiger partial charge in [-0.05, 0) is 58.4 Å². The van der Waals surface area contributed by atoms with Gasteiger partial charge >= 0.3 is 5.97 Å². The Balaban J connectivity index is 1.21. The minimum Gasteiger partial charge on any atom is -0.467 e. The number of carbonyl (C=O) groups excluding carboxylic acids is 2. The molecule has 1 aliphatic heterocycles. The van der Waals surface area contributed by atoms with Crippen LogP contribution in [0.1, 0.15) is 22.8 Å². The zero-order chi connectivity index (χ0) is 27.8. The summed E-state index contributed by atoms with van der Waals surface area (Å²) in [5.41, 5.74) is 2.88. The normalized spacial score (nSPS) is 16.8. The minimum atomic E-state index is -0.756. The van der Waals surface area contributed by atoms with Gasteiger partial charge in [0.25, 0.3) is 5.91 Å². The molecule has 0 N–H and O–H groups in total. The highest BCUT2D eigenvalue weighted by atomic mass is 79.9. The van der Waals surface area contributed by atoms with Crippen LogP contribution >= 0.6 is 15.9 Å². The first-order chi connectivity index (χ1) is 19.4. The number of halogens is 1. The highest BCUT2D eigenvalue weighted by molar-refractivity contribution is 9.10. The predicted octanol–water partition coefficient (Wildman–Crippen LogP) is 4.41. The molecule has 11 nitrogen and oxygen atoms in total. The summed E-state index contributed by atoms with van der Waals surface area (Å²) in [5, 5.41) is 8.67. The zero-order valence-corrected chi connectivity index (χ0v) is 23.2. The molecular formula is C28H24BrN7O4. The fourth-order valence-electron chi connectivity index (χ4n) is 4.90. The van der Waals surface area contributed by atoms with Gasteiger partial charge in [0, 0.05) is 42.3 Å². The number of esters is 1. The van der Waals surface area contributed by atoms with Crippen LogP contribution in [0, 0.1) is 0 Å². The number of nitrogens with zero attached hydrogens (tertiary/aromatic N) is 7. The van der Waals surface area contributed by atoms with Crippen LogP contribution in [0.4, 0.5) is 0 Å². The van der Waals surface area contributed by atoms with Gasteiger partial charge in [0.15, 0.2) is 5.82 Å². The van der Waals surface area contributed by atoms with Crippen molar-refractivity contribution >= 4 is 38.8 Å². The Morgan fingerprint density at radius 3 is 2.58 bits per heavy atom. The molecule has 0 spiro atoms. The van der Waals surface area contributed by atoms with Crippen molar-refractivity contribution < 1.29 is 19.1 Å². The lowest BCUT2D eigenvalue weighted by Gasteiger charge is -2.22. The van der Waals surface area contributed by atoms with E-state index < -0.39 is 12.0 Å². The van der Waals surface area contributed by atoms with E-state index >= 15 is 0 Å². The lowest BCUT2D eigenvalue weighted by molar-refractivity contribution is -0.145. The smallest absolute Gasteiger partial charge is 0.328 e. The summed E-state index contributed by atoms with van der Waals surface area (Å²) < 4.78 is 15.3. The number of methoxy groups -OCH3 is 1. The van der Waals surface area contributed by atoms with Crippen LogP contribution in [0.15, 0.2) is 77.5 Å². The molecule has 0 unspecified atom stereocenters. The number of likely N-dealkylation sites (tertiary alicyclic amines) is 1. The Morgan fingerprint density at radius 1 is 1.05 bits per heavy atom. The molecule has 0 radical (unpaired) electrons. The van der Waals surface area contributed by atoms with Crippen LogP contribution in [0.3, 0.4) is 0 Å². The van der Waals surface area contributed by atoms with Gasteiger partial charge in [-0.2, -0.15) is 0 Å². The van der Waals surface area contributed by atoms with E-state index in [-0.39, 0.29) is 18.5 Å². The van der Waals surface area contributed by atoms with Crippen molar-refractivity contribution in [2.75, 3.05) is 13.7 Å². The van der Waals surface area contributed by atoms with Crippen molar-refractivity contribution in [1.29, 1.82) is 0 Å². The summed E-state index contributed by atoms with van der Waals surface area (Å²) in [4.78, 5) is 36.6. The molecule has 1 amide bonds. The number of amides is 1. The van der Waals surface area contributed by atoms with Gasteiger partial charge in [0.2, 0.25) is 5.88 Å². The number of hydrogen-bond acceptors (Lipinski definition) is 8. The molecule has 2 aromatic carbocycles. The van der Waals surface area contributed by atoms with E-state index in [0.29, 0.717) is 35.1 Å². The van der Waals surface area contributed by atoms with E-state index in [4.69, 9.17) is 14.5 Å². The summed E-state index contributed by atoms with van der Waals surface area (Å²) in [6.45, 7) is 0.269. The zero-order valence-electron chi connectivity index (χ0n) is 21.6. The van der Waals surface area contributed by atoms with E-state index in [1.807, 2.05) is 41.9 Å². The standard InChI is InChI=1S/C28H24BrN7O4/c1-34-23-6-4-3-5-21(23)31-26(34)22-16-36(33-32-22)19-13-24(28(38)39-2)35(15-19)27(37)17-7-10-20(11-8-17)40-25-12-9-18(29)14-30-25/h3-12,14,16,19,24H,13,15H2,1-2H3/t19-,24+/m1/s1. The lowest BCUT2D eigenvalue weighted by atomic mass is 10.1. The predicted molar refractivity (Wildman–Crippen MR) is 149 cm³/mol. The lowest BCUT2D eigenvalue weighted by Crippen LogP contribution is -2.41. The first-order valence-corrected chi connectivity index (χ1v) is 13.3. The third-order valence-electron chi connectivity index (χ3n) is 6.94. The molecule has 1 fully saturated rings. The highest BCUT2D eigenvalue weighted by Gasteiger charge is 2.42. The fraction of sp³-hybridized carbons (Fsp3) is 0.214. The van der Waals surface area contributed by atoms with E-state index in [2.05, 4.69) is 31.2 Å². The first-order valence-electron chi connectivity index (χ1n) is 12.5. The Bertz CT molecular complexity index is 1700. The summed E-state index contributed by atoms with van der Waals surface area (Å²) in [6.07, 6.45) is 3.79.